The van der Waals surface area contributed by atoms with Crippen molar-refractivity contribution in [3.8, 4) is 0 Å². The third kappa shape index (κ3) is 3.11. The Morgan fingerprint density at radius 2 is 1.82 bits per heavy atom. The van der Waals surface area contributed by atoms with Crippen LogP contribution in [0, 0.1) is 13.8 Å². The van der Waals surface area contributed by atoms with Gasteiger partial charge in [-0.3, -0.25) is 0 Å². The summed E-state index contributed by atoms with van der Waals surface area (Å²) in [6.45, 7) is 6.45. The first-order valence-electron chi connectivity index (χ1n) is 5.64. The van der Waals surface area contributed by atoms with E-state index >= 15 is 0 Å². The minimum absolute atomic E-state index is 0.325. The van der Waals surface area contributed by atoms with Gasteiger partial charge in [0.15, 0.2) is 0 Å². The minimum Gasteiger partial charge on any atom is -0.378 e. The van der Waals surface area contributed by atoms with Crippen molar-refractivity contribution in [3.63, 3.8) is 0 Å². The van der Waals surface area contributed by atoms with Crippen LogP contribution in [0.25, 0.3) is 0 Å². The first kappa shape index (κ1) is 12.7. The zero-order valence-electron chi connectivity index (χ0n) is 10.3. The Morgan fingerprint density at radius 1 is 1.18 bits per heavy atom. The zero-order chi connectivity index (χ0) is 12.4. The van der Waals surface area contributed by atoms with Crippen LogP contribution in [0.2, 0.25) is 0 Å². The van der Waals surface area contributed by atoms with E-state index in [1.165, 1.54) is 26.2 Å². The fraction of sp³-hybridized carbons (Fsp3) is 0.286. The lowest BCUT2D eigenvalue weighted by Crippen LogP contribution is -2.05. The summed E-state index contributed by atoms with van der Waals surface area (Å²) in [5.74, 6) is 0. The number of benzene rings is 1. The number of halogens is 1. The van der Waals surface area contributed by atoms with Crippen LogP contribution in [0.15, 0.2) is 34.1 Å². The smallest absolute Gasteiger partial charge is 0.0589 e. The second kappa shape index (κ2) is 5.23. The SMILES string of the molecule is Cc1cc(C)cc(NC(C)c2sccc2Br)c1. The Balaban J connectivity index is 2.18. The standard InChI is InChI=1S/C14H16BrNS/c1-9-6-10(2)8-12(7-9)16-11(3)14-13(15)4-5-17-14/h4-8,11,16H,1-3H3. The van der Waals surface area contributed by atoms with Gasteiger partial charge in [-0.05, 0) is 71.4 Å². The van der Waals surface area contributed by atoms with E-state index in [9.17, 15) is 0 Å². The van der Waals surface area contributed by atoms with Crippen LogP contribution in [0.3, 0.4) is 0 Å². The predicted octanol–water partition coefficient (Wildman–Crippen LogP) is 5.30. The Labute approximate surface area is 115 Å². The topological polar surface area (TPSA) is 12.0 Å². The highest BCUT2D eigenvalue weighted by atomic mass is 79.9. The summed E-state index contributed by atoms with van der Waals surface area (Å²) in [5.41, 5.74) is 3.78. The van der Waals surface area contributed by atoms with Crippen LogP contribution in [0.1, 0.15) is 29.0 Å². The van der Waals surface area contributed by atoms with Gasteiger partial charge in [-0.15, -0.1) is 11.3 Å². The monoisotopic (exact) mass is 309 g/mol. The van der Waals surface area contributed by atoms with Crippen LogP contribution in [-0.2, 0) is 0 Å². The maximum Gasteiger partial charge on any atom is 0.0589 e. The van der Waals surface area contributed by atoms with Gasteiger partial charge in [0.05, 0.1) is 6.04 Å². The molecule has 0 saturated carbocycles. The van der Waals surface area contributed by atoms with Crippen LogP contribution in [0.4, 0.5) is 5.69 Å². The van der Waals surface area contributed by atoms with E-state index in [0.717, 1.165) is 0 Å². The maximum absolute atomic E-state index is 3.58. The van der Waals surface area contributed by atoms with Gasteiger partial charge < -0.3 is 5.32 Å². The molecule has 17 heavy (non-hydrogen) atoms. The van der Waals surface area contributed by atoms with Gasteiger partial charge in [-0.25, -0.2) is 0 Å². The van der Waals surface area contributed by atoms with E-state index in [0.29, 0.717) is 6.04 Å². The molecule has 2 rings (SSSR count). The molecular formula is C14H16BrNS. The fourth-order valence-corrected chi connectivity index (χ4v) is 3.71. The molecule has 1 nitrogen and oxygen atoms in total. The highest BCUT2D eigenvalue weighted by Gasteiger charge is 2.10. The van der Waals surface area contributed by atoms with Crippen molar-refractivity contribution in [2.75, 3.05) is 5.32 Å². The fourth-order valence-electron chi connectivity index (χ4n) is 1.99. The van der Waals surface area contributed by atoms with Gasteiger partial charge in [0.2, 0.25) is 0 Å². The molecule has 1 aromatic heterocycles. The van der Waals surface area contributed by atoms with Crippen molar-refractivity contribution in [2.24, 2.45) is 0 Å². The lowest BCUT2D eigenvalue weighted by molar-refractivity contribution is 0.902. The maximum atomic E-state index is 3.58. The average Bonchev–Trinajstić information content (AvgIpc) is 2.62. The molecule has 0 fully saturated rings. The van der Waals surface area contributed by atoms with Crippen molar-refractivity contribution in [1.82, 2.24) is 0 Å². The Hall–Kier alpha value is -0.800. The van der Waals surface area contributed by atoms with Crippen LogP contribution in [-0.4, -0.2) is 0 Å². The predicted molar refractivity (Wildman–Crippen MR) is 80.0 cm³/mol. The molecule has 1 atom stereocenters. The van der Waals surface area contributed by atoms with Crippen LogP contribution >= 0.6 is 27.3 Å². The lowest BCUT2D eigenvalue weighted by atomic mass is 10.1. The number of rotatable bonds is 3. The summed E-state index contributed by atoms with van der Waals surface area (Å²) in [6, 6.07) is 8.98. The number of hydrogen-bond donors (Lipinski definition) is 1. The Kier molecular flexibility index (Phi) is 3.89. The second-order valence-corrected chi connectivity index (χ2v) is 6.18. The number of nitrogens with one attached hydrogen (secondary N) is 1. The van der Waals surface area contributed by atoms with Gasteiger partial charge in [0.1, 0.15) is 0 Å². The molecule has 1 heterocycles. The molecule has 0 aliphatic carbocycles. The molecule has 0 radical (unpaired) electrons. The zero-order valence-corrected chi connectivity index (χ0v) is 12.7. The number of anilines is 1. The Morgan fingerprint density at radius 3 is 2.35 bits per heavy atom. The molecule has 1 N–H and O–H groups in total. The molecule has 0 amide bonds. The molecule has 0 bridgehead atoms. The van der Waals surface area contributed by atoms with Gasteiger partial charge in [0.25, 0.3) is 0 Å². The summed E-state index contributed by atoms with van der Waals surface area (Å²) < 4.78 is 1.19. The minimum atomic E-state index is 0.325. The highest BCUT2D eigenvalue weighted by molar-refractivity contribution is 9.10. The number of thiophene rings is 1. The summed E-state index contributed by atoms with van der Waals surface area (Å²) >= 11 is 5.36. The van der Waals surface area contributed by atoms with E-state index in [1.807, 2.05) is 0 Å². The molecule has 90 valence electrons. The second-order valence-electron chi connectivity index (χ2n) is 4.38. The Bertz CT molecular complexity index is 498. The molecule has 0 aliphatic rings. The molecule has 0 aliphatic heterocycles. The van der Waals surface area contributed by atoms with Gasteiger partial charge >= 0.3 is 0 Å². The quantitative estimate of drug-likeness (QED) is 0.811. The van der Waals surface area contributed by atoms with E-state index in [4.69, 9.17) is 0 Å². The molecule has 3 heteroatoms. The van der Waals surface area contributed by atoms with Gasteiger partial charge in [-0.2, -0.15) is 0 Å². The summed E-state index contributed by atoms with van der Waals surface area (Å²) in [6.07, 6.45) is 0. The summed E-state index contributed by atoms with van der Waals surface area (Å²) in [7, 11) is 0. The molecule has 1 aromatic carbocycles. The third-order valence-corrected chi connectivity index (χ3v) is 4.70. The van der Waals surface area contributed by atoms with E-state index in [2.05, 4.69) is 71.7 Å². The lowest BCUT2D eigenvalue weighted by Gasteiger charge is -2.15. The summed E-state index contributed by atoms with van der Waals surface area (Å²) in [4.78, 5) is 1.34. The molecule has 0 saturated heterocycles. The van der Waals surface area contributed by atoms with Gasteiger partial charge in [-0.1, -0.05) is 6.07 Å². The number of aryl methyl sites for hydroxylation is 2. The van der Waals surface area contributed by atoms with Crippen molar-refractivity contribution < 1.29 is 0 Å². The van der Waals surface area contributed by atoms with E-state index in [-0.39, 0.29) is 0 Å². The molecule has 0 spiro atoms. The molecular weight excluding hydrogens is 294 g/mol. The van der Waals surface area contributed by atoms with E-state index < -0.39 is 0 Å². The highest BCUT2D eigenvalue weighted by Crippen LogP contribution is 2.31. The van der Waals surface area contributed by atoms with Crippen LogP contribution < -0.4 is 5.32 Å². The first-order chi connectivity index (χ1) is 8.06. The number of hydrogen-bond acceptors (Lipinski definition) is 2. The average molecular weight is 310 g/mol. The first-order valence-corrected chi connectivity index (χ1v) is 7.31. The van der Waals surface area contributed by atoms with E-state index in [1.54, 1.807) is 11.3 Å². The summed E-state index contributed by atoms with van der Waals surface area (Å²) in [5, 5.41) is 5.66. The van der Waals surface area contributed by atoms with Crippen molar-refractivity contribution in [1.29, 1.82) is 0 Å². The van der Waals surface area contributed by atoms with Crippen LogP contribution in [0.5, 0.6) is 0 Å². The molecule has 1 unspecified atom stereocenters. The van der Waals surface area contributed by atoms with Crippen molar-refractivity contribution >= 4 is 33.0 Å². The van der Waals surface area contributed by atoms with Crippen molar-refractivity contribution in [2.45, 2.75) is 26.8 Å². The third-order valence-electron chi connectivity index (χ3n) is 2.64. The normalized spacial score (nSPS) is 12.5. The van der Waals surface area contributed by atoms with Crippen molar-refractivity contribution in [3.05, 3.63) is 50.1 Å². The molecule has 2 aromatic rings. The largest absolute Gasteiger partial charge is 0.378 e. The van der Waals surface area contributed by atoms with Gasteiger partial charge in [0, 0.05) is 15.0 Å².